The first-order valence-electron chi connectivity index (χ1n) is 9.28. The Morgan fingerprint density at radius 3 is 2.48 bits per heavy atom. The number of nitriles is 1. The lowest BCUT2D eigenvalue weighted by atomic mass is 10.00. The van der Waals surface area contributed by atoms with E-state index in [0.717, 1.165) is 37.1 Å². The number of rotatable bonds is 6. The zero-order valence-electron chi connectivity index (χ0n) is 15.2. The molecular formula is C20H23N3O4. The topological polar surface area (TPSA) is 99.5 Å². The van der Waals surface area contributed by atoms with Crippen LogP contribution in [0.3, 0.4) is 0 Å². The number of hydrogen-bond donors (Lipinski definition) is 1. The van der Waals surface area contributed by atoms with Crippen LogP contribution >= 0.6 is 0 Å². The predicted octanol–water partition coefficient (Wildman–Crippen LogP) is 1.85. The molecular weight excluding hydrogens is 346 g/mol. The van der Waals surface area contributed by atoms with Crippen molar-refractivity contribution in [2.45, 2.75) is 50.5 Å². The highest BCUT2D eigenvalue weighted by Gasteiger charge is 2.35. The van der Waals surface area contributed by atoms with Crippen molar-refractivity contribution in [3.8, 4) is 6.07 Å². The van der Waals surface area contributed by atoms with Crippen LogP contribution in [-0.2, 0) is 25.5 Å². The number of esters is 1. The Kier molecular flexibility index (Phi) is 5.75. The average Bonchev–Trinajstić information content (AvgIpc) is 3.30. The molecule has 0 spiro atoms. The molecule has 2 aliphatic rings. The molecule has 7 heteroatoms. The first-order valence-corrected chi connectivity index (χ1v) is 9.28. The number of nitrogens with zero attached hydrogens (tertiary/aromatic N) is 2. The maximum Gasteiger partial charge on any atom is 0.310 e. The number of amides is 2. The van der Waals surface area contributed by atoms with E-state index in [4.69, 9.17) is 4.74 Å². The van der Waals surface area contributed by atoms with E-state index in [2.05, 4.69) is 11.4 Å². The molecule has 1 aliphatic heterocycles. The fraction of sp³-hybridized carbons (Fsp3) is 0.500. The van der Waals surface area contributed by atoms with Crippen LogP contribution in [0, 0.1) is 11.3 Å². The fourth-order valence-electron chi connectivity index (χ4n) is 3.62. The molecule has 27 heavy (non-hydrogen) atoms. The molecule has 142 valence electrons. The van der Waals surface area contributed by atoms with Crippen molar-refractivity contribution in [1.82, 2.24) is 5.32 Å². The van der Waals surface area contributed by atoms with Gasteiger partial charge >= 0.3 is 5.97 Å². The predicted molar refractivity (Wildman–Crippen MR) is 97.6 cm³/mol. The second kappa shape index (κ2) is 8.21. The average molecular weight is 369 g/mol. The van der Waals surface area contributed by atoms with Gasteiger partial charge in [0.25, 0.3) is 5.91 Å². The van der Waals surface area contributed by atoms with Gasteiger partial charge in [0.05, 0.1) is 12.5 Å². The minimum atomic E-state index is -0.813. The minimum Gasteiger partial charge on any atom is -0.455 e. The summed E-state index contributed by atoms with van der Waals surface area (Å²) in [6.45, 7) is 0.335. The standard InChI is InChI=1S/C20H23N3O4/c21-14-20(9-1-2-10-20)22-17(24)13-27-19(26)12-15-5-7-16(8-6-15)23-11-3-4-18(23)25/h5-8H,1-4,9-13H2,(H,22,24). The summed E-state index contributed by atoms with van der Waals surface area (Å²) in [5.41, 5.74) is 0.763. The summed E-state index contributed by atoms with van der Waals surface area (Å²) in [7, 11) is 0. The lowest BCUT2D eigenvalue weighted by Gasteiger charge is -2.21. The van der Waals surface area contributed by atoms with Crippen molar-refractivity contribution in [3.05, 3.63) is 29.8 Å². The van der Waals surface area contributed by atoms with Gasteiger partial charge in [-0.1, -0.05) is 12.1 Å². The van der Waals surface area contributed by atoms with Gasteiger partial charge in [-0.05, 0) is 49.8 Å². The highest BCUT2D eigenvalue weighted by molar-refractivity contribution is 5.95. The molecule has 0 atom stereocenters. The van der Waals surface area contributed by atoms with E-state index in [1.807, 2.05) is 12.1 Å². The van der Waals surface area contributed by atoms with Gasteiger partial charge in [0.2, 0.25) is 5.91 Å². The number of carbonyl (C=O) groups is 3. The van der Waals surface area contributed by atoms with Gasteiger partial charge in [0.1, 0.15) is 5.54 Å². The lowest BCUT2D eigenvalue weighted by molar-refractivity contribution is -0.148. The molecule has 1 saturated carbocycles. The molecule has 0 aromatic heterocycles. The fourth-order valence-corrected chi connectivity index (χ4v) is 3.62. The number of ether oxygens (including phenoxy) is 1. The Morgan fingerprint density at radius 1 is 1.19 bits per heavy atom. The maximum atomic E-state index is 12.0. The third kappa shape index (κ3) is 4.64. The largest absolute Gasteiger partial charge is 0.455 e. The van der Waals surface area contributed by atoms with Crippen LogP contribution in [0.25, 0.3) is 0 Å². The van der Waals surface area contributed by atoms with Crippen LogP contribution in [0.15, 0.2) is 24.3 Å². The summed E-state index contributed by atoms with van der Waals surface area (Å²) in [5, 5.41) is 11.9. The van der Waals surface area contributed by atoms with Crippen LogP contribution < -0.4 is 10.2 Å². The van der Waals surface area contributed by atoms with Crippen molar-refractivity contribution in [1.29, 1.82) is 5.26 Å². The molecule has 0 unspecified atom stereocenters. The molecule has 1 heterocycles. The van der Waals surface area contributed by atoms with Gasteiger partial charge in [-0.2, -0.15) is 5.26 Å². The molecule has 1 aliphatic carbocycles. The molecule has 1 aromatic rings. The number of benzene rings is 1. The van der Waals surface area contributed by atoms with Gasteiger partial charge in [0, 0.05) is 18.7 Å². The normalized spacial score (nSPS) is 18.2. The van der Waals surface area contributed by atoms with E-state index in [9.17, 15) is 19.6 Å². The number of nitrogens with one attached hydrogen (secondary N) is 1. The first-order chi connectivity index (χ1) is 13.0. The van der Waals surface area contributed by atoms with E-state index in [0.29, 0.717) is 19.3 Å². The number of carbonyl (C=O) groups excluding carboxylic acids is 3. The summed E-state index contributed by atoms with van der Waals surface area (Å²) in [4.78, 5) is 37.4. The third-order valence-electron chi connectivity index (χ3n) is 5.08. The highest BCUT2D eigenvalue weighted by atomic mass is 16.5. The minimum absolute atomic E-state index is 0.0465. The SMILES string of the molecule is N#CC1(NC(=O)COC(=O)Cc2ccc(N3CCCC3=O)cc2)CCCC1. The molecule has 0 bridgehead atoms. The van der Waals surface area contributed by atoms with E-state index in [1.54, 1.807) is 17.0 Å². The monoisotopic (exact) mass is 369 g/mol. The lowest BCUT2D eigenvalue weighted by Crippen LogP contribution is -2.46. The second-order valence-corrected chi connectivity index (χ2v) is 7.10. The molecule has 1 saturated heterocycles. The van der Waals surface area contributed by atoms with Gasteiger partial charge in [-0.3, -0.25) is 14.4 Å². The van der Waals surface area contributed by atoms with Gasteiger partial charge in [-0.15, -0.1) is 0 Å². The molecule has 3 rings (SSSR count). The van der Waals surface area contributed by atoms with Crippen LogP contribution in [-0.4, -0.2) is 36.5 Å². The van der Waals surface area contributed by atoms with Crippen molar-refractivity contribution in [3.63, 3.8) is 0 Å². The molecule has 0 radical (unpaired) electrons. The van der Waals surface area contributed by atoms with E-state index in [-0.39, 0.29) is 18.9 Å². The summed E-state index contributed by atoms with van der Waals surface area (Å²) < 4.78 is 5.03. The molecule has 1 N–H and O–H groups in total. The van der Waals surface area contributed by atoms with Crippen molar-refractivity contribution >= 4 is 23.5 Å². The highest BCUT2D eigenvalue weighted by Crippen LogP contribution is 2.28. The Hall–Kier alpha value is -2.88. The molecule has 7 nitrogen and oxygen atoms in total. The Balaban J connectivity index is 1.46. The summed E-state index contributed by atoms with van der Waals surface area (Å²) in [6, 6.07) is 9.36. The summed E-state index contributed by atoms with van der Waals surface area (Å²) in [5.74, 6) is -0.840. The summed E-state index contributed by atoms with van der Waals surface area (Å²) >= 11 is 0. The van der Waals surface area contributed by atoms with Crippen molar-refractivity contribution in [2.24, 2.45) is 0 Å². The van der Waals surface area contributed by atoms with Crippen LogP contribution in [0.1, 0.15) is 44.1 Å². The number of anilines is 1. The quantitative estimate of drug-likeness (QED) is 0.772. The zero-order valence-corrected chi connectivity index (χ0v) is 15.2. The Bertz CT molecular complexity index is 760. The van der Waals surface area contributed by atoms with Crippen molar-refractivity contribution < 1.29 is 19.1 Å². The van der Waals surface area contributed by atoms with Crippen LogP contribution in [0.5, 0.6) is 0 Å². The van der Waals surface area contributed by atoms with Crippen LogP contribution in [0.2, 0.25) is 0 Å². The smallest absolute Gasteiger partial charge is 0.310 e. The van der Waals surface area contributed by atoms with Gasteiger partial charge in [-0.25, -0.2) is 0 Å². The Labute approximate surface area is 158 Å². The zero-order chi connectivity index (χ0) is 19.3. The molecule has 2 amide bonds. The number of hydrogen-bond acceptors (Lipinski definition) is 5. The second-order valence-electron chi connectivity index (χ2n) is 7.10. The maximum absolute atomic E-state index is 12.0. The van der Waals surface area contributed by atoms with Gasteiger partial charge < -0.3 is 15.0 Å². The van der Waals surface area contributed by atoms with E-state index < -0.39 is 17.4 Å². The van der Waals surface area contributed by atoms with Gasteiger partial charge in [0.15, 0.2) is 6.61 Å². The third-order valence-corrected chi connectivity index (χ3v) is 5.08. The summed E-state index contributed by atoms with van der Waals surface area (Å²) in [6.07, 6.45) is 4.57. The molecule has 1 aromatic carbocycles. The first kappa shape index (κ1) is 18.9. The molecule has 2 fully saturated rings. The van der Waals surface area contributed by atoms with Crippen molar-refractivity contribution in [2.75, 3.05) is 18.1 Å². The van der Waals surface area contributed by atoms with E-state index in [1.165, 1.54) is 0 Å². The van der Waals surface area contributed by atoms with Crippen LogP contribution in [0.4, 0.5) is 5.69 Å². The van der Waals surface area contributed by atoms with E-state index >= 15 is 0 Å². The Morgan fingerprint density at radius 2 is 1.89 bits per heavy atom.